The molecule has 0 aliphatic rings. The van der Waals surface area contributed by atoms with Crippen LogP contribution in [0.3, 0.4) is 0 Å². The number of likely N-dealkylation sites (N-methyl/N-ethyl adjacent to an activating group) is 1. The highest BCUT2D eigenvalue weighted by Crippen LogP contribution is 2.14. The zero-order valence-electron chi connectivity index (χ0n) is 9.69. The van der Waals surface area contributed by atoms with Crippen LogP contribution in [-0.2, 0) is 12.8 Å². The normalized spacial score (nSPS) is 12.6. The van der Waals surface area contributed by atoms with E-state index in [1.807, 2.05) is 30.6 Å². The van der Waals surface area contributed by atoms with Gasteiger partial charge in [0.05, 0.1) is 0 Å². The third-order valence-corrected chi connectivity index (χ3v) is 4.05. The number of thiophene rings is 1. The van der Waals surface area contributed by atoms with E-state index in [1.54, 1.807) is 0 Å². The van der Waals surface area contributed by atoms with Crippen molar-refractivity contribution in [2.75, 3.05) is 7.05 Å². The molecule has 0 fully saturated rings. The Bertz CT molecular complexity index is 439. The van der Waals surface area contributed by atoms with Gasteiger partial charge < -0.3 is 5.32 Å². The van der Waals surface area contributed by atoms with Crippen LogP contribution in [-0.4, -0.2) is 18.1 Å². The predicted octanol–water partition coefficient (Wildman–Crippen LogP) is 3.28. The first-order valence-corrected chi connectivity index (χ1v) is 7.25. The van der Waals surface area contributed by atoms with Gasteiger partial charge >= 0.3 is 0 Å². The average molecular weight is 311 g/mol. The summed E-state index contributed by atoms with van der Waals surface area (Å²) < 4.78 is 1.03. The van der Waals surface area contributed by atoms with E-state index in [4.69, 9.17) is 0 Å². The number of pyridine rings is 1. The van der Waals surface area contributed by atoms with Crippen molar-refractivity contribution in [2.45, 2.75) is 18.9 Å². The number of hydrogen-bond acceptors (Lipinski definition) is 3. The second-order valence-corrected chi connectivity index (χ2v) is 5.89. The van der Waals surface area contributed by atoms with Gasteiger partial charge in [-0.1, -0.05) is 6.07 Å². The fraction of sp³-hybridized carbons (Fsp3) is 0.308. The van der Waals surface area contributed by atoms with Crippen molar-refractivity contribution < 1.29 is 0 Å². The van der Waals surface area contributed by atoms with Crippen LogP contribution in [0, 0.1) is 0 Å². The van der Waals surface area contributed by atoms with E-state index in [0.717, 1.165) is 23.0 Å². The highest BCUT2D eigenvalue weighted by Gasteiger charge is 2.09. The van der Waals surface area contributed by atoms with E-state index in [-0.39, 0.29) is 0 Å². The quantitative estimate of drug-likeness (QED) is 0.916. The van der Waals surface area contributed by atoms with Gasteiger partial charge in [0, 0.05) is 33.7 Å². The molecule has 0 radical (unpaired) electrons. The van der Waals surface area contributed by atoms with Gasteiger partial charge in [-0.25, -0.2) is 0 Å². The third-order valence-electron chi connectivity index (χ3n) is 2.68. The van der Waals surface area contributed by atoms with Crippen LogP contribution >= 0.6 is 27.3 Å². The summed E-state index contributed by atoms with van der Waals surface area (Å²) in [5.41, 5.74) is 1.13. The molecule has 0 aliphatic heterocycles. The molecular formula is C13H15BrN2S. The Labute approximate surface area is 114 Å². The maximum Gasteiger partial charge on any atom is 0.0420 e. The van der Waals surface area contributed by atoms with Gasteiger partial charge in [-0.2, -0.15) is 0 Å². The first kappa shape index (κ1) is 12.7. The van der Waals surface area contributed by atoms with E-state index in [1.165, 1.54) is 4.88 Å². The van der Waals surface area contributed by atoms with Crippen molar-refractivity contribution in [3.05, 3.63) is 50.9 Å². The lowest BCUT2D eigenvalue weighted by Gasteiger charge is -2.14. The lowest BCUT2D eigenvalue weighted by atomic mass is 10.1. The molecule has 0 aliphatic carbocycles. The summed E-state index contributed by atoms with van der Waals surface area (Å²) in [6.45, 7) is 0. The van der Waals surface area contributed by atoms with Gasteiger partial charge in [0.1, 0.15) is 0 Å². The standard InChI is InChI=1S/C13H15BrN2S/c1-15-12(8-13-3-2-6-17-13)7-11-5-4-10(14)9-16-11/h2-6,9,12,15H,7-8H2,1H3. The minimum Gasteiger partial charge on any atom is -0.316 e. The van der Waals surface area contributed by atoms with Crippen molar-refractivity contribution >= 4 is 27.3 Å². The highest BCUT2D eigenvalue weighted by molar-refractivity contribution is 9.10. The number of nitrogens with zero attached hydrogens (tertiary/aromatic N) is 1. The van der Waals surface area contributed by atoms with Crippen LogP contribution in [0.2, 0.25) is 0 Å². The molecule has 2 rings (SSSR count). The number of rotatable bonds is 5. The van der Waals surface area contributed by atoms with E-state index < -0.39 is 0 Å². The molecule has 0 spiro atoms. The molecule has 0 saturated carbocycles. The summed E-state index contributed by atoms with van der Waals surface area (Å²) in [5.74, 6) is 0. The molecular weight excluding hydrogens is 296 g/mol. The molecule has 2 aromatic heterocycles. The Morgan fingerprint density at radius 3 is 2.82 bits per heavy atom. The molecule has 2 aromatic rings. The van der Waals surface area contributed by atoms with Crippen LogP contribution < -0.4 is 5.32 Å². The first-order chi connectivity index (χ1) is 8.28. The monoisotopic (exact) mass is 310 g/mol. The zero-order valence-corrected chi connectivity index (χ0v) is 12.1. The number of hydrogen-bond donors (Lipinski definition) is 1. The zero-order chi connectivity index (χ0) is 12.1. The van der Waals surface area contributed by atoms with Gasteiger partial charge in [0.2, 0.25) is 0 Å². The summed E-state index contributed by atoms with van der Waals surface area (Å²) >= 11 is 5.21. The summed E-state index contributed by atoms with van der Waals surface area (Å²) in [4.78, 5) is 5.83. The summed E-state index contributed by atoms with van der Waals surface area (Å²) in [6.07, 6.45) is 3.88. The van der Waals surface area contributed by atoms with Crippen molar-refractivity contribution in [3.63, 3.8) is 0 Å². The maximum atomic E-state index is 4.41. The molecule has 90 valence electrons. The van der Waals surface area contributed by atoms with Crippen molar-refractivity contribution in [3.8, 4) is 0 Å². The second kappa shape index (κ2) is 6.28. The smallest absolute Gasteiger partial charge is 0.0420 e. The number of nitrogens with one attached hydrogen (secondary N) is 1. The van der Waals surface area contributed by atoms with Crippen LogP contribution in [0.5, 0.6) is 0 Å². The molecule has 1 atom stereocenters. The van der Waals surface area contributed by atoms with E-state index in [9.17, 15) is 0 Å². The first-order valence-electron chi connectivity index (χ1n) is 5.58. The van der Waals surface area contributed by atoms with Crippen LogP contribution in [0.25, 0.3) is 0 Å². The van der Waals surface area contributed by atoms with Crippen molar-refractivity contribution in [1.82, 2.24) is 10.3 Å². The fourth-order valence-electron chi connectivity index (χ4n) is 1.73. The topological polar surface area (TPSA) is 24.9 Å². The molecule has 17 heavy (non-hydrogen) atoms. The van der Waals surface area contributed by atoms with Gasteiger partial charge in [-0.15, -0.1) is 11.3 Å². The van der Waals surface area contributed by atoms with Gasteiger partial charge in [0.15, 0.2) is 0 Å². The molecule has 0 aromatic carbocycles. The lowest BCUT2D eigenvalue weighted by molar-refractivity contribution is 0.554. The maximum absolute atomic E-state index is 4.41. The molecule has 2 heterocycles. The van der Waals surface area contributed by atoms with Crippen LogP contribution in [0.1, 0.15) is 10.6 Å². The van der Waals surface area contributed by atoms with Gasteiger partial charge in [-0.05, 0) is 53.0 Å². The van der Waals surface area contributed by atoms with Crippen LogP contribution in [0.4, 0.5) is 0 Å². The number of halogens is 1. The van der Waals surface area contributed by atoms with Crippen molar-refractivity contribution in [2.24, 2.45) is 0 Å². The molecule has 2 nitrogen and oxygen atoms in total. The predicted molar refractivity (Wildman–Crippen MR) is 76.5 cm³/mol. The van der Waals surface area contributed by atoms with E-state index in [2.05, 4.69) is 49.8 Å². The molecule has 0 amide bonds. The van der Waals surface area contributed by atoms with Crippen molar-refractivity contribution in [1.29, 1.82) is 0 Å². The number of aromatic nitrogens is 1. The molecule has 1 N–H and O–H groups in total. The minimum absolute atomic E-state index is 0.447. The van der Waals surface area contributed by atoms with Gasteiger partial charge in [0.25, 0.3) is 0 Å². The second-order valence-electron chi connectivity index (χ2n) is 3.94. The Kier molecular flexibility index (Phi) is 4.71. The molecule has 1 unspecified atom stereocenters. The molecule has 0 bridgehead atoms. The Morgan fingerprint density at radius 2 is 2.24 bits per heavy atom. The van der Waals surface area contributed by atoms with E-state index >= 15 is 0 Å². The highest BCUT2D eigenvalue weighted by atomic mass is 79.9. The van der Waals surface area contributed by atoms with E-state index in [0.29, 0.717) is 6.04 Å². The fourth-order valence-corrected chi connectivity index (χ4v) is 2.75. The molecule has 0 saturated heterocycles. The Morgan fingerprint density at radius 1 is 1.35 bits per heavy atom. The summed E-state index contributed by atoms with van der Waals surface area (Å²) in [6, 6.07) is 8.85. The average Bonchev–Trinajstić information content (AvgIpc) is 2.84. The van der Waals surface area contributed by atoms with Crippen LogP contribution in [0.15, 0.2) is 40.3 Å². The third kappa shape index (κ3) is 3.91. The SMILES string of the molecule is CNC(Cc1ccc(Br)cn1)Cc1cccs1. The largest absolute Gasteiger partial charge is 0.316 e. The Hall–Kier alpha value is -0.710. The van der Waals surface area contributed by atoms with Gasteiger partial charge in [-0.3, -0.25) is 4.98 Å². The summed E-state index contributed by atoms with van der Waals surface area (Å²) in [5, 5.41) is 5.48. The minimum atomic E-state index is 0.447. The summed E-state index contributed by atoms with van der Waals surface area (Å²) in [7, 11) is 2.01. The molecule has 4 heteroatoms. The lowest BCUT2D eigenvalue weighted by Crippen LogP contribution is -2.29. The Balaban J connectivity index is 1.97.